The van der Waals surface area contributed by atoms with E-state index in [4.69, 9.17) is 4.74 Å². The molecule has 0 aromatic heterocycles. The lowest BCUT2D eigenvalue weighted by Crippen LogP contribution is -2.48. The normalized spacial score (nSPS) is 28.9. The summed E-state index contributed by atoms with van der Waals surface area (Å²) < 4.78 is 24.6. The minimum atomic E-state index is -1.75. The molecular formula is C13H29F2NO. The number of rotatable bonds is 3. The van der Waals surface area contributed by atoms with Crippen molar-refractivity contribution >= 4 is 0 Å². The van der Waals surface area contributed by atoms with Gasteiger partial charge in [-0.15, -0.1) is 0 Å². The first kappa shape index (κ1) is 19.1. The van der Waals surface area contributed by atoms with Crippen LogP contribution in [-0.2, 0) is 4.74 Å². The first-order valence-corrected chi connectivity index (χ1v) is 5.87. The average Bonchev–Trinajstić information content (AvgIpc) is 2.24. The molecule has 0 unspecified atom stereocenters. The number of piperidine rings is 1. The van der Waals surface area contributed by atoms with Crippen LogP contribution >= 0.6 is 0 Å². The van der Waals surface area contributed by atoms with Crippen LogP contribution in [0.25, 0.3) is 0 Å². The molecule has 0 aromatic rings. The molecule has 0 bridgehead atoms. The van der Waals surface area contributed by atoms with Gasteiger partial charge in [-0.1, -0.05) is 28.2 Å². The van der Waals surface area contributed by atoms with E-state index in [1.807, 2.05) is 7.11 Å². The third-order valence-electron chi connectivity index (χ3n) is 3.57. The predicted octanol–water partition coefficient (Wildman–Crippen LogP) is 3.52. The molecule has 2 atom stereocenters. The number of ether oxygens (including phenoxy) is 1. The van der Waals surface area contributed by atoms with E-state index in [2.05, 4.69) is 25.7 Å². The van der Waals surface area contributed by atoms with Gasteiger partial charge in [0.1, 0.15) is 0 Å². The standard InChI is InChI=1S/C11H23NO.CH2F2.CH4/c1-5-12-7-6-10(2)11(3,8-12)9-13-4;2-1-3;/h10H,5-9H2,1-4H3;1H2;1H4/t10-,11-;;/m0../s1. The average molecular weight is 253 g/mol. The van der Waals surface area contributed by atoms with E-state index in [1.165, 1.54) is 26.1 Å². The van der Waals surface area contributed by atoms with Crippen molar-refractivity contribution in [3.63, 3.8) is 0 Å². The van der Waals surface area contributed by atoms with Crippen molar-refractivity contribution in [1.82, 2.24) is 4.90 Å². The zero-order chi connectivity index (χ0) is 12.6. The van der Waals surface area contributed by atoms with E-state index in [9.17, 15) is 8.78 Å². The number of likely N-dealkylation sites (tertiary alicyclic amines) is 1. The van der Waals surface area contributed by atoms with Crippen LogP contribution in [0, 0.1) is 11.3 Å². The van der Waals surface area contributed by atoms with E-state index < -0.39 is 6.93 Å². The quantitative estimate of drug-likeness (QED) is 0.763. The van der Waals surface area contributed by atoms with E-state index in [-0.39, 0.29) is 7.43 Å². The number of methoxy groups -OCH3 is 1. The SMILES string of the molecule is C.CCN1CC[C@H](C)[C@](C)(COC)C1.FCF. The second-order valence-electron chi connectivity index (χ2n) is 4.75. The van der Waals surface area contributed by atoms with Crippen molar-refractivity contribution < 1.29 is 13.5 Å². The molecule has 1 aliphatic heterocycles. The van der Waals surface area contributed by atoms with Gasteiger partial charge in [0, 0.05) is 19.1 Å². The van der Waals surface area contributed by atoms with Gasteiger partial charge in [0.05, 0.1) is 6.61 Å². The number of alkyl halides is 2. The summed E-state index contributed by atoms with van der Waals surface area (Å²) in [5.74, 6) is 0.787. The maximum atomic E-state index is 9.62. The molecule has 0 aliphatic carbocycles. The molecule has 0 amide bonds. The second kappa shape index (κ2) is 9.77. The van der Waals surface area contributed by atoms with Crippen LogP contribution in [0.3, 0.4) is 0 Å². The molecule has 0 saturated carbocycles. The van der Waals surface area contributed by atoms with Crippen LogP contribution in [0.2, 0.25) is 0 Å². The number of hydrogen-bond donors (Lipinski definition) is 0. The zero-order valence-electron chi connectivity index (χ0n) is 10.9. The molecule has 1 rings (SSSR count). The Balaban J connectivity index is 0. The van der Waals surface area contributed by atoms with Crippen LogP contribution in [0.5, 0.6) is 0 Å². The third-order valence-corrected chi connectivity index (χ3v) is 3.57. The highest BCUT2D eigenvalue weighted by molar-refractivity contribution is 4.87. The molecule has 0 aromatic carbocycles. The maximum Gasteiger partial charge on any atom is 0.229 e. The van der Waals surface area contributed by atoms with Gasteiger partial charge in [-0.25, -0.2) is 8.78 Å². The number of hydrogen-bond acceptors (Lipinski definition) is 2. The maximum absolute atomic E-state index is 9.62. The van der Waals surface area contributed by atoms with Crippen LogP contribution in [-0.4, -0.2) is 45.2 Å². The van der Waals surface area contributed by atoms with Gasteiger partial charge in [-0.05, 0) is 25.4 Å². The summed E-state index contributed by atoms with van der Waals surface area (Å²) >= 11 is 0. The van der Waals surface area contributed by atoms with Gasteiger partial charge in [0.15, 0.2) is 0 Å². The Kier molecular flexibility index (Phi) is 11.0. The van der Waals surface area contributed by atoms with Crippen LogP contribution < -0.4 is 0 Å². The van der Waals surface area contributed by atoms with E-state index in [1.54, 1.807) is 0 Å². The summed E-state index contributed by atoms with van der Waals surface area (Å²) in [6.45, 7) is 9.71. The van der Waals surface area contributed by atoms with Gasteiger partial charge in [0.2, 0.25) is 6.93 Å². The molecular weight excluding hydrogens is 224 g/mol. The zero-order valence-corrected chi connectivity index (χ0v) is 10.9. The highest BCUT2D eigenvalue weighted by Gasteiger charge is 2.36. The molecule has 4 heteroatoms. The van der Waals surface area contributed by atoms with Gasteiger partial charge in [-0.3, -0.25) is 0 Å². The minimum absolute atomic E-state index is 0. The summed E-state index contributed by atoms with van der Waals surface area (Å²) in [5, 5.41) is 0. The van der Waals surface area contributed by atoms with Crippen molar-refractivity contribution in [3.8, 4) is 0 Å². The smallest absolute Gasteiger partial charge is 0.229 e. The van der Waals surface area contributed by atoms with Crippen LogP contribution in [0.4, 0.5) is 8.78 Å². The molecule has 1 heterocycles. The highest BCUT2D eigenvalue weighted by atomic mass is 19.3. The molecule has 1 saturated heterocycles. The molecule has 2 nitrogen and oxygen atoms in total. The molecule has 1 fully saturated rings. The lowest BCUT2D eigenvalue weighted by molar-refractivity contribution is -0.0122. The van der Waals surface area contributed by atoms with Crippen molar-refractivity contribution in [2.75, 3.05) is 40.3 Å². The van der Waals surface area contributed by atoms with Gasteiger partial charge < -0.3 is 9.64 Å². The predicted molar refractivity (Wildman–Crippen MR) is 69.7 cm³/mol. The van der Waals surface area contributed by atoms with Gasteiger partial charge in [0.25, 0.3) is 0 Å². The van der Waals surface area contributed by atoms with Crippen LogP contribution in [0.1, 0.15) is 34.6 Å². The Morgan fingerprint density at radius 2 is 1.94 bits per heavy atom. The van der Waals surface area contributed by atoms with Crippen molar-refractivity contribution in [1.29, 1.82) is 0 Å². The largest absolute Gasteiger partial charge is 0.384 e. The Morgan fingerprint density at radius 3 is 2.35 bits per heavy atom. The summed E-state index contributed by atoms with van der Waals surface area (Å²) in [4.78, 5) is 2.53. The minimum Gasteiger partial charge on any atom is -0.384 e. The number of nitrogens with zero attached hydrogens (tertiary/aromatic N) is 1. The second-order valence-corrected chi connectivity index (χ2v) is 4.75. The Hall–Kier alpha value is -0.220. The lowest BCUT2D eigenvalue weighted by Gasteiger charge is -2.44. The molecule has 17 heavy (non-hydrogen) atoms. The summed E-state index contributed by atoms with van der Waals surface area (Å²) in [5.41, 5.74) is 0.364. The summed E-state index contributed by atoms with van der Waals surface area (Å²) in [6, 6.07) is 0. The Morgan fingerprint density at radius 1 is 1.41 bits per heavy atom. The molecule has 1 aliphatic rings. The summed E-state index contributed by atoms with van der Waals surface area (Å²) in [6.07, 6.45) is 1.31. The van der Waals surface area contributed by atoms with Gasteiger partial charge in [-0.2, -0.15) is 0 Å². The van der Waals surface area contributed by atoms with Crippen LogP contribution in [0.15, 0.2) is 0 Å². The lowest BCUT2D eigenvalue weighted by atomic mass is 9.74. The Bertz CT molecular complexity index is 181. The van der Waals surface area contributed by atoms with E-state index in [0.717, 1.165) is 12.5 Å². The fraction of sp³-hybridized carbons (Fsp3) is 1.00. The molecule has 0 N–H and O–H groups in total. The highest BCUT2D eigenvalue weighted by Crippen LogP contribution is 2.34. The molecule has 0 radical (unpaired) electrons. The topological polar surface area (TPSA) is 12.5 Å². The number of halogens is 2. The van der Waals surface area contributed by atoms with Gasteiger partial charge >= 0.3 is 0 Å². The first-order valence-electron chi connectivity index (χ1n) is 5.87. The van der Waals surface area contributed by atoms with Crippen molar-refractivity contribution in [2.45, 2.75) is 34.6 Å². The van der Waals surface area contributed by atoms with E-state index in [0.29, 0.717) is 5.41 Å². The molecule has 106 valence electrons. The summed E-state index contributed by atoms with van der Waals surface area (Å²) in [7, 11) is 1.81. The third kappa shape index (κ3) is 6.32. The van der Waals surface area contributed by atoms with Crippen molar-refractivity contribution in [3.05, 3.63) is 0 Å². The van der Waals surface area contributed by atoms with Crippen molar-refractivity contribution in [2.24, 2.45) is 11.3 Å². The monoisotopic (exact) mass is 253 g/mol. The first-order chi connectivity index (χ1) is 7.53. The fourth-order valence-electron chi connectivity index (χ4n) is 2.26. The fourth-order valence-corrected chi connectivity index (χ4v) is 2.26. The molecule has 0 spiro atoms. The Labute approximate surface area is 105 Å². The van der Waals surface area contributed by atoms with E-state index >= 15 is 0 Å².